The lowest BCUT2D eigenvalue weighted by Crippen LogP contribution is -2.43. The minimum absolute atomic E-state index is 0.0199. The summed E-state index contributed by atoms with van der Waals surface area (Å²) in [7, 11) is 7.62. The second kappa shape index (κ2) is 25.1. The van der Waals surface area contributed by atoms with E-state index in [1.54, 1.807) is 58.9 Å². The van der Waals surface area contributed by atoms with E-state index in [2.05, 4.69) is 0 Å². The molecule has 18 heteroatoms. The van der Waals surface area contributed by atoms with Crippen LogP contribution in [-0.2, 0) is 33.4 Å². The topological polar surface area (TPSA) is 170 Å². The quantitative estimate of drug-likeness (QED) is 0.0573. The highest BCUT2D eigenvalue weighted by atomic mass is 35.5. The molecule has 2 aliphatic rings. The van der Waals surface area contributed by atoms with Crippen molar-refractivity contribution in [1.82, 2.24) is 9.80 Å². The number of carboxylic acid groups (broad SMARTS) is 1. The third-order valence-corrected chi connectivity index (χ3v) is 16.2. The first-order valence-electron chi connectivity index (χ1n) is 19.0. The number of furan rings is 1. The molecule has 2 aliphatic heterocycles. The fourth-order valence-electron chi connectivity index (χ4n) is 6.66. The second-order valence-corrected chi connectivity index (χ2v) is 19.5. The average Bonchev–Trinajstić information content (AvgIpc) is 3.56. The van der Waals surface area contributed by atoms with E-state index in [4.69, 9.17) is 47.9 Å². The molecule has 0 saturated carbocycles. The van der Waals surface area contributed by atoms with Crippen LogP contribution in [0, 0.1) is 13.8 Å². The Kier molecular flexibility index (Phi) is 20.7. The summed E-state index contributed by atoms with van der Waals surface area (Å²) < 4.78 is 16.0. The first-order valence-corrected chi connectivity index (χ1v) is 24.3. The van der Waals surface area contributed by atoms with Crippen LogP contribution in [-0.4, -0.2) is 108 Å². The molecule has 2 saturated heterocycles. The molecule has 3 N–H and O–H groups in total. The number of aliphatic carboxylic acids is 1. The number of aryl methyl sites for hydroxylation is 2. The molecule has 3 heterocycles. The number of nitrogens with two attached hydrogens (primary N) is 1. The lowest BCUT2D eigenvalue weighted by Gasteiger charge is -2.38. The summed E-state index contributed by atoms with van der Waals surface area (Å²) in [6.45, 7) is 8.05. The van der Waals surface area contributed by atoms with Crippen molar-refractivity contribution in [2.75, 3.05) is 45.6 Å². The summed E-state index contributed by atoms with van der Waals surface area (Å²) in [4.78, 5) is 63.9. The zero-order valence-corrected chi connectivity index (χ0v) is 38.4. The Labute approximate surface area is 376 Å². The number of allylic oxidation sites excluding steroid dienone is 2. The highest BCUT2D eigenvalue weighted by Crippen LogP contribution is 2.44. The van der Waals surface area contributed by atoms with Gasteiger partial charge in [-0.2, -0.15) is 0 Å². The number of aldehydes is 2. The van der Waals surface area contributed by atoms with Gasteiger partial charge in [0.2, 0.25) is 0 Å². The highest BCUT2D eigenvalue weighted by Gasteiger charge is 2.37. The van der Waals surface area contributed by atoms with Gasteiger partial charge in [0.1, 0.15) is 42.2 Å². The molecular weight excluding hydrogens is 890 g/mol. The van der Waals surface area contributed by atoms with Crippen molar-refractivity contribution >= 4 is 96.9 Å². The summed E-state index contributed by atoms with van der Waals surface area (Å²) in [5, 5.41) is 10.1. The summed E-state index contributed by atoms with van der Waals surface area (Å²) in [5.74, 6) is 0.253. The van der Waals surface area contributed by atoms with Crippen molar-refractivity contribution in [2.45, 2.75) is 67.1 Å². The van der Waals surface area contributed by atoms with Crippen LogP contribution in [0.4, 0.5) is 0 Å². The van der Waals surface area contributed by atoms with Crippen molar-refractivity contribution in [1.29, 1.82) is 0 Å². The number of methoxy groups -OCH3 is 1. The zero-order valence-electron chi connectivity index (χ0n) is 33.6. The predicted molar refractivity (Wildman–Crippen MR) is 243 cm³/mol. The van der Waals surface area contributed by atoms with Crippen LogP contribution in [0.15, 0.2) is 87.2 Å². The smallest absolute Gasteiger partial charge is 0.328 e. The fraction of sp³-hybridized carbons (Fsp3) is 0.405. The third kappa shape index (κ3) is 13.9. The summed E-state index contributed by atoms with van der Waals surface area (Å²) in [6, 6.07) is 14.2. The van der Waals surface area contributed by atoms with Gasteiger partial charge in [0.05, 0.1) is 18.6 Å². The number of likely N-dealkylation sites (tertiary alicyclic amines) is 2. The number of carbonyl (C=O) groups excluding carboxylic acids is 4. The van der Waals surface area contributed by atoms with Crippen molar-refractivity contribution in [3.8, 4) is 0 Å². The summed E-state index contributed by atoms with van der Waals surface area (Å²) in [5.41, 5.74) is 8.76. The van der Waals surface area contributed by atoms with E-state index in [1.165, 1.54) is 34.8 Å². The monoisotopic (exact) mass is 937 g/mol. The predicted octanol–water partition coefficient (Wildman–Crippen LogP) is 8.34. The molecule has 4 unspecified atom stereocenters. The molecule has 0 aliphatic carbocycles. The molecule has 3 aromatic rings. The number of nitrogens with zero attached hydrogens (tertiary/aromatic N) is 2. The SMILES string of the molecule is CCOC(=O)C(c1ccccc1Cl)N1CCC(SSC[C@H](N)C(=O)O)/C(=C\C=O)C1.COC(=O)C(c1ccccc1Cl)N1CCC(SSc2cc(C)oc2C)/C(=C\C=O)C1. The van der Waals surface area contributed by atoms with Crippen molar-refractivity contribution in [2.24, 2.45) is 5.73 Å². The Bertz CT molecular complexity index is 2020. The van der Waals surface area contributed by atoms with Gasteiger partial charge in [0.15, 0.2) is 0 Å². The van der Waals surface area contributed by atoms with Crippen molar-refractivity contribution < 1.29 is 43.0 Å². The lowest BCUT2D eigenvalue weighted by molar-refractivity contribution is -0.150. The van der Waals surface area contributed by atoms with E-state index in [9.17, 15) is 24.0 Å². The number of carbonyl (C=O) groups is 5. The molecule has 0 radical (unpaired) electrons. The Morgan fingerprint density at radius 1 is 0.883 bits per heavy atom. The molecule has 2 aromatic carbocycles. The number of ether oxygens (including phenoxy) is 2. The van der Waals surface area contributed by atoms with Crippen LogP contribution in [0.2, 0.25) is 10.0 Å². The van der Waals surface area contributed by atoms with Crippen LogP contribution in [0.25, 0.3) is 0 Å². The van der Waals surface area contributed by atoms with Crippen molar-refractivity contribution in [3.63, 3.8) is 0 Å². The maximum absolute atomic E-state index is 12.8. The van der Waals surface area contributed by atoms with Gasteiger partial charge in [-0.3, -0.25) is 24.2 Å². The van der Waals surface area contributed by atoms with Gasteiger partial charge in [0.25, 0.3) is 0 Å². The third-order valence-electron chi connectivity index (χ3n) is 9.58. The van der Waals surface area contributed by atoms with E-state index in [0.717, 1.165) is 46.6 Å². The average molecular weight is 939 g/mol. The molecule has 5 rings (SSSR count). The fourth-order valence-corrected chi connectivity index (χ4v) is 12.9. The number of benzene rings is 2. The number of hydrogen-bond donors (Lipinski definition) is 2. The maximum atomic E-state index is 12.8. The largest absolute Gasteiger partial charge is 0.480 e. The molecule has 0 bridgehead atoms. The normalized spacial score (nSPS) is 20.1. The van der Waals surface area contributed by atoms with Gasteiger partial charge >= 0.3 is 17.9 Å². The molecule has 0 amide bonds. The number of rotatable bonds is 17. The highest BCUT2D eigenvalue weighted by molar-refractivity contribution is 8.77. The maximum Gasteiger partial charge on any atom is 0.328 e. The molecule has 1 aromatic heterocycles. The van der Waals surface area contributed by atoms with Crippen LogP contribution in [0.3, 0.4) is 0 Å². The molecule has 5 atom stereocenters. The Morgan fingerprint density at radius 2 is 1.40 bits per heavy atom. The van der Waals surface area contributed by atoms with E-state index in [1.807, 2.05) is 54.0 Å². The molecule has 324 valence electrons. The standard InChI is InChI=1S/C22H24ClNO4S2.C20H25ClN2O5S2/c1-14-12-20(15(2)28-14)30-29-19-8-10-24(13-16(19)9-11-25)21(22(26)27-3)17-6-4-5-7-18(17)23;1-2-28-20(27)18(14-5-3-4-6-15(14)21)23-9-7-17(13(11-23)8-10-24)30-29-12-16(22)19(25)26/h4-7,9,11-12,19,21H,8,10,13H2,1-3H3;3-6,8,10,16-18H,2,7,9,11-12,22H2,1H3,(H,25,26)/b16-9-;13-8-/t;16-,17?,18?/m.0/s1. The van der Waals surface area contributed by atoms with Crippen LogP contribution < -0.4 is 5.73 Å². The number of hydrogen-bond acceptors (Lipinski definition) is 15. The van der Waals surface area contributed by atoms with E-state index >= 15 is 0 Å². The second-order valence-electron chi connectivity index (χ2n) is 13.7. The van der Waals surface area contributed by atoms with Crippen LogP contribution >= 0.6 is 66.4 Å². The van der Waals surface area contributed by atoms with Gasteiger partial charge in [-0.1, -0.05) is 103 Å². The number of halogens is 2. The van der Waals surface area contributed by atoms with Crippen LogP contribution in [0.1, 0.15) is 54.5 Å². The Hall–Kier alpha value is -3.19. The van der Waals surface area contributed by atoms with Crippen molar-refractivity contribution in [3.05, 3.63) is 111 Å². The molecule has 0 spiro atoms. The first kappa shape index (κ1) is 49.5. The molecule has 2 fully saturated rings. The van der Waals surface area contributed by atoms with Gasteiger partial charge < -0.3 is 24.7 Å². The lowest BCUT2D eigenvalue weighted by atomic mass is 9.98. The van der Waals surface area contributed by atoms with Gasteiger partial charge in [-0.05, 0) is 86.2 Å². The van der Waals surface area contributed by atoms with E-state index < -0.39 is 24.1 Å². The first-order chi connectivity index (χ1) is 28.8. The molecular formula is C42H49Cl2N3O9S4. The number of piperidine rings is 2. The molecule has 12 nitrogen and oxygen atoms in total. The van der Waals surface area contributed by atoms with E-state index in [0.29, 0.717) is 53.8 Å². The van der Waals surface area contributed by atoms with Crippen LogP contribution in [0.5, 0.6) is 0 Å². The Morgan fingerprint density at radius 3 is 1.85 bits per heavy atom. The van der Waals surface area contributed by atoms with E-state index in [-0.39, 0.29) is 34.8 Å². The number of esters is 2. The summed E-state index contributed by atoms with van der Waals surface area (Å²) >= 11 is 12.7. The van der Waals surface area contributed by atoms with Gasteiger partial charge in [-0.25, -0.2) is 9.59 Å². The minimum Gasteiger partial charge on any atom is -0.480 e. The minimum atomic E-state index is -1.04. The molecule has 60 heavy (non-hydrogen) atoms. The summed E-state index contributed by atoms with van der Waals surface area (Å²) in [6.07, 6.45) is 6.14. The number of carboxylic acids is 1. The van der Waals surface area contributed by atoms with Gasteiger partial charge in [0, 0.05) is 52.5 Å². The Balaban J connectivity index is 0.000000265. The van der Waals surface area contributed by atoms with Gasteiger partial charge in [-0.15, -0.1) is 0 Å². The zero-order chi connectivity index (χ0) is 43.8.